The summed E-state index contributed by atoms with van der Waals surface area (Å²) >= 11 is 0. The zero-order chi connectivity index (χ0) is 11.4. The van der Waals surface area contributed by atoms with Crippen molar-refractivity contribution in [2.75, 3.05) is 12.8 Å². The first-order valence-electron chi connectivity index (χ1n) is 4.50. The summed E-state index contributed by atoms with van der Waals surface area (Å²) in [6.07, 6.45) is 1.60. The van der Waals surface area contributed by atoms with Crippen molar-refractivity contribution in [1.82, 2.24) is 20.5 Å². The van der Waals surface area contributed by atoms with Gasteiger partial charge in [0.15, 0.2) is 0 Å². The van der Waals surface area contributed by atoms with Crippen molar-refractivity contribution in [1.29, 1.82) is 0 Å². The monoisotopic (exact) mass is 230 g/mol. The van der Waals surface area contributed by atoms with Crippen LogP contribution in [0.5, 0.6) is 0 Å². The molecule has 7 heteroatoms. The van der Waals surface area contributed by atoms with Crippen LogP contribution in [0.1, 0.15) is 23.4 Å². The molecule has 0 fully saturated rings. The highest BCUT2D eigenvalue weighted by Gasteiger charge is 2.13. The number of hydrogen-bond donors (Lipinski definition) is 2. The molecule has 2 unspecified atom stereocenters. The largest absolute Gasteiger partial charge is 0.348 e. The van der Waals surface area contributed by atoms with E-state index in [2.05, 4.69) is 20.5 Å². The Balaban J connectivity index is 2.47. The summed E-state index contributed by atoms with van der Waals surface area (Å²) in [5, 5.41) is 8.83. The van der Waals surface area contributed by atoms with E-state index in [9.17, 15) is 9.00 Å². The van der Waals surface area contributed by atoms with Crippen molar-refractivity contribution in [2.24, 2.45) is 0 Å². The van der Waals surface area contributed by atoms with E-state index < -0.39 is 10.8 Å². The maximum absolute atomic E-state index is 11.4. The molecule has 0 bridgehead atoms. The Morgan fingerprint density at radius 1 is 1.67 bits per heavy atom. The predicted octanol–water partition coefficient (Wildman–Crippen LogP) is -0.390. The smallest absolute Gasteiger partial charge is 0.290 e. The average molecular weight is 230 g/mol. The number of aryl methyl sites for hydroxylation is 1. The number of aromatic amines is 1. The molecule has 1 aromatic heterocycles. The molecular weight excluding hydrogens is 216 g/mol. The minimum absolute atomic E-state index is 0.0750. The van der Waals surface area contributed by atoms with Crippen LogP contribution in [0.15, 0.2) is 0 Å². The van der Waals surface area contributed by atoms with Gasteiger partial charge in [-0.05, 0) is 13.8 Å². The van der Waals surface area contributed by atoms with E-state index in [1.807, 2.05) is 0 Å². The Labute approximate surface area is 90.3 Å². The maximum Gasteiger partial charge on any atom is 0.290 e. The highest BCUT2D eigenvalue weighted by Crippen LogP contribution is 1.93. The second-order valence-electron chi connectivity index (χ2n) is 3.26. The number of amides is 1. The minimum atomic E-state index is -0.941. The number of carbonyl (C=O) groups is 1. The quantitative estimate of drug-likeness (QED) is 0.737. The number of rotatable bonds is 4. The summed E-state index contributed by atoms with van der Waals surface area (Å²) in [4.78, 5) is 15.3. The Kier molecular flexibility index (Phi) is 3.96. The van der Waals surface area contributed by atoms with Crippen LogP contribution in [0.25, 0.3) is 0 Å². The molecule has 2 N–H and O–H groups in total. The molecule has 0 radical (unpaired) electrons. The van der Waals surface area contributed by atoms with Crippen molar-refractivity contribution >= 4 is 16.7 Å². The molecule has 1 amide bonds. The zero-order valence-electron chi connectivity index (χ0n) is 8.90. The Bertz CT molecular complexity index is 376. The standard InChI is InChI=1S/C8H14N4O2S/c1-5(15(3)14)4-9-8(13)7-10-6(2)11-12-7/h5H,4H2,1-3H3,(H,9,13)(H,10,11,12). The van der Waals surface area contributed by atoms with E-state index in [-0.39, 0.29) is 17.0 Å². The molecule has 0 saturated heterocycles. The molecule has 0 saturated carbocycles. The normalized spacial score (nSPS) is 14.6. The average Bonchev–Trinajstić information content (AvgIpc) is 2.60. The molecule has 84 valence electrons. The fraction of sp³-hybridized carbons (Fsp3) is 0.625. The van der Waals surface area contributed by atoms with Gasteiger partial charge in [-0.1, -0.05) is 0 Å². The third-order valence-electron chi connectivity index (χ3n) is 1.92. The lowest BCUT2D eigenvalue weighted by atomic mass is 10.4. The van der Waals surface area contributed by atoms with E-state index in [1.54, 1.807) is 20.1 Å². The highest BCUT2D eigenvalue weighted by atomic mass is 32.2. The van der Waals surface area contributed by atoms with Gasteiger partial charge in [0.25, 0.3) is 5.91 Å². The fourth-order valence-corrected chi connectivity index (χ4v) is 1.20. The van der Waals surface area contributed by atoms with Crippen LogP contribution in [0.4, 0.5) is 0 Å². The van der Waals surface area contributed by atoms with Gasteiger partial charge >= 0.3 is 0 Å². The van der Waals surface area contributed by atoms with Crippen LogP contribution >= 0.6 is 0 Å². The number of aromatic nitrogens is 3. The van der Waals surface area contributed by atoms with Crippen LogP contribution in [-0.2, 0) is 10.8 Å². The molecule has 1 aromatic rings. The number of nitrogens with one attached hydrogen (secondary N) is 2. The molecule has 0 aliphatic carbocycles. The van der Waals surface area contributed by atoms with Crippen molar-refractivity contribution in [3.8, 4) is 0 Å². The Hall–Kier alpha value is -1.24. The topological polar surface area (TPSA) is 87.7 Å². The molecule has 2 atom stereocenters. The third-order valence-corrected chi connectivity index (χ3v) is 3.22. The van der Waals surface area contributed by atoms with Crippen LogP contribution in [0.3, 0.4) is 0 Å². The van der Waals surface area contributed by atoms with Gasteiger partial charge in [0.1, 0.15) is 5.82 Å². The van der Waals surface area contributed by atoms with Crippen molar-refractivity contribution in [2.45, 2.75) is 19.1 Å². The summed E-state index contributed by atoms with van der Waals surface area (Å²) in [6, 6.07) is 0. The molecule has 6 nitrogen and oxygen atoms in total. The van der Waals surface area contributed by atoms with Gasteiger partial charge < -0.3 is 5.32 Å². The first kappa shape index (κ1) is 11.8. The first-order valence-corrected chi connectivity index (χ1v) is 6.12. The predicted molar refractivity (Wildman–Crippen MR) is 57.0 cm³/mol. The summed E-state index contributed by atoms with van der Waals surface area (Å²) < 4.78 is 11.0. The number of nitrogens with zero attached hydrogens (tertiary/aromatic N) is 2. The lowest BCUT2D eigenvalue weighted by Crippen LogP contribution is -2.33. The Morgan fingerprint density at radius 3 is 2.80 bits per heavy atom. The van der Waals surface area contributed by atoms with E-state index >= 15 is 0 Å². The fourth-order valence-electron chi connectivity index (χ4n) is 0.877. The van der Waals surface area contributed by atoms with Crippen LogP contribution in [0, 0.1) is 6.92 Å². The van der Waals surface area contributed by atoms with E-state index in [1.165, 1.54) is 0 Å². The van der Waals surface area contributed by atoms with Gasteiger partial charge in [0.05, 0.1) is 0 Å². The number of carbonyl (C=O) groups excluding carboxylic acids is 1. The molecule has 1 rings (SSSR count). The third kappa shape index (κ3) is 3.43. The van der Waals surface area contributed by atoms with Gasteiger partial charge in [0.2, 0.25) is 5.82 Å². The highest BCUT2D eigenvalue weighted by molar-refractivity contribution is 7.84. The maximum atomic E-state index is 11.4. The van der Waals surface area contributed by atoms with Crippen LogP contribution in [0.2, 0.25) is 0 Å². The zero-order valence-corrected chi connectivity index (χ0v) is 9.72. The van der Waals surface area contributed by atoms with Crippen LogP contribution in [-0.4, -0.2) is 43.3 Å². The van der Waals surface area contributed by atoms with Crippen LogP contribution < -0.4 is 5.32 Å². The van der Waals surface area contributed by atoms with Gasteiger partial charge in [0, 0.05) is 28.9 Å². The van der Waals surface area contributed by atoms with Gasteiger partial charge in [-0.2, -0.15) is 0 Å². The molecule has 15 heavy (non-hydrogen) atoms. The van der Waals surface area contributed by atoms with Gasteiger partial charge in [-0.3, -0.25) is 14.1 Å². The lowest BCUT2D eigenvalue weighted by molar-refractivity contribution is 0.0944. The number of H-pyrrole nitrogens is 1. The first-order chi connectivity index (χ1) is 7.00. The van der Waals surface area contributed by atoms with Crippen molar-refractivity contribution in [3.05, 3.63) is 11.6 Å². The van der Waals surface area contributed by atoms with Crippen molar-refractivity contribution < 1.29 is 9.00 Å². The molecular formula is C8H14N4O2S. The molecule has 1 heterocycles. The minimum Gasteiger partial charge on any atom is -0.348 e. The van der Waals surface area contributed by atoms with Crippen molar-refractivity contribution in [3.63, 3.8) is 0 Å². The van der Waals surface area contributed by atoms with E-state index in [0.29, 0.717) is 12.4 Å². The molecule has 0 spiro atoms. The molecule has 0 aliphatic heterocycles. The lowest BCUT2D eigenvalue weighted by Gasteiger charge is -2.07. The second kappa shape index (κ2) is 5.01. The molecule has 0 aromatic carbocycles. The van der Waals surface area contributed by atoms with Gasteiger partial charge in [-0.15, -0.1) is 5.10 Å². The van der Waals surface area contributed by atoms with Gasteiger partial charge in [-0.25, -0.2) is 4.98 Å². The number of hydrogen-bond acceptors (Lipinski definition) is 4. The summed E-state index contributed by atoms with van der Waals surface area (Å²) in [5.74, 6) is 0.352. The Morgan fingerprint density at radius 2 is 2.33 bits per heavy atom. The van der Waals surface area contributed by atoms with E-state index in [4.69, 9.17) is 0 Å². The summed E-state index contributed by atoms with van der Waals surface area (Å²) in [7, 11) is -0.941. The summed E-state index contributed by atoms with van der Waals surface area (Å²) in [6.45, 7) is 3.88. The van der Waals surface area contributed by atoms with E-state index in [0.717, 1.165) is 0 Å². The molecule has 0 aliphatic rings. The SMILES string of the molecule is Cc1nc(C(=O)NCC(C)S(C)=O)n[nH]1. The summed E-state index contributed by atoms with van der Waals surface area (Å²) in [5.41, 5.74) is 0. The second-order valence-corrected chi connectivity index (χ2v) is 5.07.